The number of aromatic nitrogens is 3. The lowest BCUT2D eigenvalue weighted by atomic mass is 10.3. The topological polar surface area (TPSA) is 89.1 Å². The molecule has 2 aromatic heterocycles. The molecule has 0 fully saturated rings. The van der Waals surface area contributed by atoms with Crippen LogP contribution in [0.2, 0.25) is 0 Å². The lowest BCUT2D eigenvalue weighted by Gasteiger charge is -1.90. The van der Waals surface area contributed by atoms with E-state index in [1.807, 2.05) is 0 Å². The Bertz CT molecular complexity index is 519. The number of pyridine rings is 1. The van der Waals surface area contributed by atoms with Gasteiger partial charge in [-0.25, -0.2) is 4.79 Å². The molecule has 0 radical (unpaired) electrons. The Morgan fingerprint density at radius 1 is 1.31 bits per heavy atom. The van der Waals surface area contributed by atoms with Crippen molar-refractivity contribution in [3.63, 3.8) is 0 Å². The molecule has 0 bridgehead atoms. The van der Waals surface area contributed by atoms with Gasteiger partial charge in [-0.1, -0.05) is 0 Å². The van der Waals surface area contributed by atoms with E-state index in [1.165, 1.54) is 6.08 Å². The van der Waals surface area contributed by atoms with Gasteiger partial charge in [0.05, 0.1) is 0 Å². The molecule has 2 aromatic rings. The van der Waals surface area contributed by atoms with Crippen LogP contribution >= 0.6 is 0 Å². The first kappa shape index (κ1) is 10.0. The van der Waals surface area contributed by atoms with Crippen molar-refractivity contribution in [3.8, 4) is 11.5 Å². The number of aliphatic carboxylic acids is 1. The Kier molecular flexibility index (Phi) is 2.73. The molecule has 2 heterocycles. The van der Waals surface area contributed by atoms with E-state index in [1.54, 1.807) is 24.5 Å². The van der Waals surface area contributed by atoms with Gasteiger partial charge in [0.25, 0.3) is 0 Å². The maximum atomic E-state index is 10.3. The molecule has 1 N–H and O–H groups in total. The molecule has 0 unspecified atom stereocenters. The largest absolute Gasteiger partial charge is 0.478 e. The van der Waals surface area contributed by atoms with Crippen molar-refractivity contribution in [1.82, 2.24) is 15.2 Å². The second-order valence-electron chi connectivity index (χ2n) is 2.85. The molecule has 80 valence electrons. The first-order chi connectivity index (χ1) is 7.75. The predicted octanol–water partition coefficient (Wildman–Crippen LogP) is 1.23. The number of nitrogens with zero attached hydrogens (tertiary/aromatic N) is 3. The quantitative estimate of drug-likeness (QED) is 0.777. The first-order valence-corrected chi connectivity index (χ1v) is 4.40. The standard InChI is InChI=1S/C10H7N3O3/c14-9(15)2-1-8-12-13-10(16-8)7-3-5-11-6-4-7/h1-6H,(H,14,15)/b2-1+. The van der Waals surface area contributed by atoms with Crippen LogP contribution in [0, 0.1) is 0 Å². The first-order valence-electron chi connectivity index (χ1n) is 4.40. The predicted molar refractivity (Wildman–Crippen MR) is 54.2 cm³/mol. The average molecular weight is 217 g/mol. The fourth-order valence-corrected chi connectivity index (χ4v) is 1.06. The fraction of sp³-hybridized carbons (Fsp3) is 0. The Labute approximate surface area is 90.3 Å². The van der Waals surface area contributed by atoms with Gasteiger partial charge in [-0.2, -0.15) is 0 Å². The number of rotatable bonds is 3. The van der Waals surface area contributed by atoms with Gasteiger partial charge in [0.1, 0.15) is 0 Å². The third-order valence-electron chi connectivity index (χ3n) is 1.74. The zero-order valence-electron chi connectivity index (χ0n) is 8.07. The summed E-state index contributed by atoms with van der Waals surface area (Å²) in [5.41, 5.74) is 0.734. The molecule has 0 aliphatic carbocycles. The maximum absolute atomic E-state index is 10.3. The second kappa shape index (κ2) is 4.35. The van der Waals surface area contributed by atoms with E-state index in [9.17, 15) is 4.79 Å². The lowest BCUT2D eigenvalue weighted by molar-refractivity contribution is -0.131. The van der Waals surface area contributed by atoms with E-state index in [2.05, 4.69) is 15.2 Å². The van der Waals surface area contributed by atoms with E-state index in [0.29, 0.717) is 5.89 Å². The van der Waals surface area contributed by atoms with Crippen LogP contribution in [0.5, 0.6) is 0 Å². The third kappa shape index (κ3) is 2.30. The SMILES string of the molecule is O=C(O)/C=C/c1nnc(-c2ccncc2)o1. The zero-order valence-corrected chi connectivity index (χ0v) is 8.07. The molecule has 6 nitrogen and oxygen atoms in total. The highest BCUT2D eigenvalue weighted by Gasteiger charge is 2.05. The highest BCUT2D eigenvalue weighted by atomic mass is 16.4. The monoisotopic (exact) mass is 217 g/mol. The molecule has 2 rings (SSSR count). The minimum Gasteiger partial charge on any atom is -0.478 e. The molecule has 0 saturated carbocycles. The molecule has 16 heavy (non-hydrogen) atoms. The summed E-state index contributed by atoms with van der Waals surface area (Å²) in [5, 5.41) is 15.9. The molecule has 0 atom stereocenters. The molecule has 0 amide bonds. The molecular formula is C10H7N3O3. The van der Waals surface area contributed by atoms with Gasteiger partial charge >= 0.3 is 5.97 Å². The van der Waals surface area contributed by atoms with Crippen molar-refractivity contribution in [3.05, 3.63) is 36.5 Å². The summed E-state index contributed by atoms with van der Waals surface area (Å²) in [6, 6.07) is 3.44. The third-order valence-corrected chi connectivity index (χ3v) is 1.74. The summed E-state index contributed by atoms with van der Waals surface area (Å²) in [6.07, 6.45) is 5.38. The van der Waals surface area contributed by atoms with Crippen LogP contribution < -0.4 is 0 Å². The van der Waals surface area contributed by atoms with Crippen LogP contribution in [-0.2, 0) is 4.79 Å². The van der Waals surface area contributed by atoms with E-state index < -0.39 is 5.97 Å². The summed E-state index contributed by atoms with van der Waals surface area (Å²) < 4.78 is 5.22. The van der Waals surface area contributed by atoms with Gasteiger partial charge in [-0.15, -0.1) is 10.2 Å². The van der Waals surface area contributed by atoms with Crippen LogP contribution in [0.1, 0.15) is 5.89 Å². The normalized spacial score (nSPS) is 10.8. The molecule has 6 heteroatoms. The number of carboxylic acid groups (broad SMARTS) is 1. The fourth-order valence-electron chi connectivity index (χ4n) is 1.06. The van der Waals surface area contributed by atoms with Crippen LogP contribution in [-0.4, -0.2) is 26.3 Å². The maximum Gasteiger partial charge on any atom is 0.328 e. The summed E-state index contributed by atoms with van der Waals surface area (Å²) >= 11 is 0. The highest BCUT2D eigenvalue weighted by molar-refractivity contribution is 5.84. The number of hydrogen-bond donors (Lipinski definition) is 1. The van der Waals surface area contributed by atoms with Crippen molar-refractivity contribution >= 4 is 12.0 Å². The van der Waals surface area contributed by atoms with Crippen molar-refractivity contribution in [2.75, 3.05) is 0 Å². The Hall–Kier alpha value is -2.50. The van der Waals surface area contributed by atoms with Crippen molar-refractivity contribution < 1.29 is 14.3 Å². The Morgan fingerprint density at radius 3 is 2.75 bits per heavy atom. The number of carboxylic acids is 1. The van der Waals surface area contributed by atoms with Crippen molar-refractivity contribution in [2.45, 2.75) is 0 Å². The van der Waals surface area contributed by atoms with Crippen molar-refractivity contribution in [1.29, 1.82) is 0 Å². The summed E-state index contributed by atoms with van der Waals surface area (Å²) in [7, 11) is 0. The molecule has 0 spiro atoms. The smallest absolute Gasteiger partial charge is 0.328 e. The van der Waals surface area contributed by atoms with E-state index in [4.69, 9.17) is 9.52 Å². The van der Waals surface area contributed by atoms with Crippen LogP contribution in [0.4, 0.5) is 0 Å². The Balaban J connectivity index is 2.23. The second-order valence-corrected chi connectivity index (χ2v) is 2.85. The molecule has 0 aliphatic heterocycles. The van der Waals surface area contributed by atoms with E-state index >= 15 is 0 Å². The van der Waals surface area contributed by atoms with E-state index in [0.717, 1.165) is 11.6 Å². The van der Waals surface area contributed by atoms with Gasteiger partial charge in [0.15, 0.2) is 0 Å². The number of carbonyl (C=O) groups is 1. The van der Waals surface area contributed by atoms with Gasteiger partial charge in [-0.05, 0) is 12.1 Å². The van der Waals surface area contributed by atoms with Crippen LogP contribution in [0.3, 0.4) is 0 Å². The Morgan fingerprint density at radius 2 is 2.06 bits per heavy atom. The molecule has 0 aliphatic rings. The lowest BCUT2D eigenvalue weighted by Crippen LogP contribution is -1.85. The van der Waals surface area contributed by atoms with Crippen LogP contribution in [0.15, 0.2) is 35.0 Å². The minimum atomic E-state index is -1.07. The van der Waals surface area contributed by atoms with Gasteiger partial charge in [0.2, 0.25) is 11.8 Å². The molecule has 0 saturated heterocycles. The minimum absolute atomic E-state index is 0.147. The average Bonchev–Trinajstić information content (AvgIpc) is 2.76. The summed E-state index contributed by atoms with van der Waals surface area (Å²) in [4.78, 5) is 14.1. The van der Waals surface area contributed by atoms with Gasteiger partial charge in [-0.3, -0.25) is 4.98 Å². The highest BCUT2D eigenvalue weighted by Crippen LogP contribution is 2.16. The van der Waals surface area contributed by atoms with Crippen molar-refractivity contribution in [2.24, 2.45) is 0 Å². The van der Waals surface area contributed by atoms with Gasteiger partial charge in [0, 0.05) is 30.1 Å². The zero-order chi connectivity index (χ0) is 11.4. The summed E-state index contributed by atoms with van der Waals surface area (Å²) in [5.74, 6) is -0.592. The molecule has 0 aromatic carbocycles. The summed E-state index contributed by atoms with van der Waals surface area (Å²) in [6.45, 7) is 0. The van der Waals surface area contributed by atoms with E-state index in [-0.39, 0.29) is 5.89 Å². The molecular weight excluding hydrogens is 210 g/mol. The van der Waals surface area contributed by atoms with Crippen LogP contribution in [0.25, 0.3) is 17.5 Å². The number of hydrogen-bond acceptors (Lipinski definition) is 5. The van der Waals surface area contributed by atoms with Gasteiger partial charge < -0.3 is 9.52 Å².